The van der Waals surface area contributed by atoms with Gasteiger partial charge in [-0.2, -0.15) is 5.26 Å². The second-order valence-electron chi connectivity index (χ2n) is 6.33. The average molecular weight is 346 g/mol. The molecule has 1 saturated heterocycles. The Balaban J connectivity index is 1.68. The molecule has 4 rings (SSSR count). The number of aromatic nitrogens is 2. The largest absolute Gasteiger partial charge is 0.441 e. The van der Waals surface area contributed by atoms with E-state index in [1.54, 1.807) is 24.3 Å². The Morgan fingerprint density at radius 2 is 2.00 bits per heavy atom. The normalized spacial score (nSPS) is 15.2. The minimum atomic E-state index is -0.264. The summed E-state index contributed by atoms with van der Waals surface area (Å²) in [6.07, 6.45) is 5.19. The fourth-order valence-electron chi connectivity index (χ4n) is 3.21. The summed E-state index contributed by atoms with van der Waals surface area (Å²) in [5.41, 5.74) is 0.549. The van der Waals surface area contributed by atoms with E-state index in [1.165, 1.54) is 6.42 Å². The molecule has 0 atom stereocenters. The first kappa shape index (κ1) is 16.2. The van der Waals surface area contributed by atoms with Gasteiger partial charge in [0.2, 0.25) is 0 Å². The molecule has 1 aromatic carbocycles. The number of hydrogen-bond donors (Lipinski definition) is 1. The third-order valence-electron chi connectivity index (χ3n) is 4.56. The zero-order valence-electron chi connectivity index (χ0n) is 14.2. The van der Waals surface area contributed by atoms with Gasteiger partial charge in [0.15, 0.2) is 11.7 Å². The van der Waals surface area contributed by atoms with Crippen molar-refractivity contribution >= 4 is 28.4 Å². The maximum Gasteiger partial charge on any atom is 0.259 e. The van der Waals surface area contributed by atoms with Crippen LogP contribution in [0.2, 0.25) is 0 Å². The van der Waals surface area contributed by atoms with Gasteiger partial charge in [-0.25, -0.2) is 4.98 Å². The second-order valence-corrected chi connectivity index (χ2v) is 6.33. The highest BCUT2D eigenvalue weighted by molar-refractivity contribution is 5.88. The van der Waals surface area contributed by atoms with Crippen LogP contribution in [0.1, 0.15) is 30.8 Å². The summed E-state index contributed by atoms with van der Waals surface area (Å²) >= 11 is 0. The average Bonchev–Trinajstić information content (AvgIpc) is 3.15. The first-order valence-electron chi connectivity index (χ1n) is 8.70. The van der Waals surface area contributed by atoms with E-state index in [0.29, 0.717) is 16.7 Å². The van der Waals surface area contributed by atoms with Gasteiger partial charge >= 0.3 is 0 Å². The minimum Gasteiger partial charge on any atom is -0.441 e. The van der Waals surface area contributed by atoms with Crippen molar-refractivity contribution in [1.29, 1.82) is 5.26 Å². The summed E-state index contributed by atoms with van der Waals surface area (Å²) in [7, 11) is 0. The first-order valence-corrected chi connectivity index (χ1v) is 8.70. The molecule has 2 aromatic heterocycles. The second kappa shape index (κ2) is 6.89. The molecule has 6 nitrogen and oxygen atoms in total. The number of hydrogen-bond acceptors (Lipinski definition) is 5. The Bertz CT molecular complexity index is 1070. The van der Waals surface area contributed by atoms with Gasteiger partial charge in [-0.1, -0.05) is 12.1 Å². The van der Waals surface area contributed by atoms with Crippen molar-refractivity contribution in [3.05, 3.63) is 58.3 Å². The van der Waals surface area contributed by atoms with E-state index >= 15 is 0 Å². The molecule has 0 spiro atoms. The van der Waals surface area contributed by atoms with E-state index in [-0.39, 0.29) is 17.0 Å². The van der Waals surface area contributed by atoms with Crippen LogP contribution >= 0.6 is 0 Å². The molecule has 0 radical (unpaired) electrons. The van der Waals surface area contributed by atoms with Crippen LogP contribution in [0.4, 0.5) is 5.88 Å². The van der Waals surface area contributed by atoms with Gasteiger partial charge < -0.3 is 14.3 Å². The van der Waals surface area contributed by atoms with Crippen LogP contribution in [-0.2, 0) is 0 Å². The van der Waals surface area contributed by atoms with Crippen LogP contribution in [0.5, 0.6) is 0 Å². The van der Waals surface area contributed by atoms with Gasteiger partial charge in [0.25, 0.3) is 5.56 Å². The summed E-state index contributed by atoms with van der Waals surface area (Å²) in [4.78, 5) is 21.5. The number of para-hydroxylation sites is 1. The number of nitrogens with zero attached hydrogens (tertiary/aromatic N) is 3. The van der Waals surface area contributed by atoms with Crippen molar-refractivity contribution in [2.45, 2.75) is 19.3 Å². The molecule has 1 N–H and O–H groups in total. The van der Waals surface area contributed by atoms with Crippen molar-refractivity contribution in [2.75, 3.05) is 18.0 Å². The SMILES string of the molecule is N#C/C(=C\c1ccc(N2CCCCC2)o1)c1nc2ccccc2c(=O)[nH]1. The molecule has 1 aliphatic rings. The van der Waals surface area contributed by atoms with Gasteiger partial charge in [0.1, 0.15) is 11.8 Å². The van der Waals surface area contributed by atoms with Crippen molar-refractivity contribution in [1.82, 2.24) is 9.97 Å². The summed E-state index contributed by atoms with van der Waals surface area (Å²) in [5.74, 6) is 1.62. The van der Waals surface area contributed by atoms with Crippen LogP contribution in [0.3, 0.4) is 0 Å². The topological polar surface area (TPSA) is 85.9 Å². The lowest BCUT2D eigenvalue weighted by Crippen LogP contribution is -2.28. The number of rotatable bonds is 3. The highest BCUT2D eigenvalue weighted by Crippen LogP contribution is 2.25. The molecule has 3 heterocycles. The molecule has 0 saturated carbocycles. The summed E-state index contributed by atoms with van der Waals surface area (Å²) in [6, 6.07) is 12.9. The van der Waals surface area contributed by atoms with Crippen molar-refractivity contribution < 1.29 is 4.42 Å². The zero-order valence-corrected chi connectivity index (χ0v) is 14.2. The zero-order chi connectivity index (χ0) is 17.9. The summed E-state index contributed by atoms with van der Waals surface area (Å²) < 4.78 is 5.87. The quantitative estimate of drug-likeness (QED) is 0.733. The van der Waals surface area contributed by atoms with Crippen LogP contribution in [0.15, 0.2) is 45.6 Å². The third kappa shape index (κ3) is 3.11. The molecule has 3 aromatic rings. The smallest absolute Gasteiger partial charge is 0.259 e. The van der Waals surface area contributed by atoms with Gasteiger partial charge in [-0.3, -0.25) is 4.79 Å². The summed E-state index contributed by atoms with van der Waals surface area (Å²) in [6.45, 7) is 1.97. The number of nitriles is 1. The first-order chi connectivity index (χ1) is 12.7. The van der Waals surface area contributed by atoms with Gasteiger partial charge in [0, 0.05) is 25.2 Å². The highest BCUT2D eigenvalue weighted by atomic mass is 16.4. The van der Waals surface area contributed by atoms with E-state index < -0.39 is 0 Å². The number of H-pyrrole nitrogens is 1. The number of nitrogens with one attached hydrogen (secondary N) is 1. The standard InChI is InChI=1S/C20H18N4O2/c21-13-14(19-22-17-7-3-2-6-16(17)20(25)23-19)12-15-8-9-18(26-15)24-10-4-1-5-11-24/h2-3,6-9,12H,1,4-5,10-11H2,(H,22,23,25)/b14-12+. The van der Waals surface area contributed by atoms with E-state index in [1.807, 2.05) is 18.2 Å². The van der Waals surface area contributed by atoms with E-state index in [4.69, 9.17) is 4.42 Å². The molecular formula is C20H18N4O2. The Morgan fingerprint density at radius 1 is 1.19 bits per heavy atom. The van der Waals surface area contributed by atoms with Crippen LogP contribution in [0, 0.1) is 11.3 Å². The monoisotopic (exact) mass is 346 g/mol. The summed E-state index contributed by atoms with van der Waals surface area (Å²) in [5, 5.41) is 10.0. The van der Waals surface area contributed by atoms with Gasteiger partial charge in [0.05, 0.1) is 16.5 Å². The molecule has 0 bridgehead atoms. The molecule has 26 heavy (non-hydrogen) atoms. The number of allylic oxidation sites excluding steroid dienone is 1. The fourth-order valence-corrected chi connectivity index (χ4v) is 3.21. The molecule has 0 unspecified atom stereocenters. The molecule has 0 aliphatic carbocycles. The number of aromatic amines is 1. The maximum absolute atomic E-state index is 12.2. The number of piperidine rings is 1. The van der Waals surface area contributed by atoms with Crippen molar-refractivity contribution in [2.24, 2.45) is 0 Å². The minimum absolute atomic E-state index is 0.243. The highest BCUT2D eigenvalue weighted by Gasteiger charge is 2.15. The molecular weight excluding hydrogens is 328 g/mol. The third-order valence-corrected chi connectivity index (χ3v) is 4.56. The Morgan fingerprint density at radius 3 is 2.81 bits per heavy atom. The van der Waals surface area contributed by atoms with Crippen molar-refractivity contribution in [3.63, 3.8) is 0 Å². The van der Waals surface area contributed by atoms with Gasteiger partial charge in [-0.05, 0) is 37.5 Å². The lowest BCUT2D eigenvalue weighted by atomic mass is 10.1. The maximum atomic E-state index is 12.2. The Labute approximate surface area is 150 Å². The van der Waals surface area contributed by atoms with Crippen molar-refractivity contribution in [3.8, 4) is 6.07 Å². The Kier molecular flexibility index (Phi) is 4.28. The predicted octanol–water partition coefficient (Wildman–Crippen LogP) is 3.57. The number of fused-ring (bicyclic) bond motifs is 1. The fraction of sp³-hybridized carbons (Fsp3) is 0.250. The molecule has 6 heteroatoms. The van der Waals surface area contributed by atoms with E-state index in [9.17, 15) is 10.1 Å². The lowest BCUT2D eigenvalue weighted by molar-refractivity contribution is 0.496. The molecule has 0 amide bonds. The van der Waals surface area contributed by atoms with E-state index in [0.717, 1.165) is 31.8 Å². The number of furan rings is 1. The molecule has 1 aliphatic heterocycles. The van der Waals surface area contributed by atoms with Crippen LogP contribution < -0.4 is 10.5 Å². The van der Waals surface area contributed by atoms with E-state index in [2.05, 4.69) is 20.9 Å². The van der Waals surface area contributed by atoms with Crippen LogP contribution in [0.25, 0.3) is 22.6 Å². The van der Waals surface area contributed by atoms with Gasteiger partial charge in [-0.15, -0.1) is 0 Å². The molecule has 1 fully saturated rings. The number of anilines is 1. The molecule has 130 valence electrons. The number of benzene rings is 1. The lowest BCUT2D eigenvalue weighted by Gasteiger charge is -2.25. The van der Waals surface area contributed by atoms with Crippen LogP contribution in [-0.4, -0.2) is 23.1 Å². The predicted molar refractivity (Wildman–Crippen MR) is 101 cm³/mol. The Hall–Kier alpha value is -3.33.